The van der Waals surface area contributed by atoms with E-state index in [9.17, 15) is 0 Å². The number of aryl methyl sites for hydroxylation is 1. The molecule has 0 aliphatic heterocycles. The molecule has 1 fully saturated rings. The third kappa shape index (κ3) is 3.99. The van der Waals surface area contributed by atoms with E-state index in [-0.39, 0.29) is 6.04 Å². The van der Waals surface area contributed by atoms with E-state index < -0.39 is 0 Å². The number of nitrogens with zero attached hydrogens (tertiary/aromatic N) is 1. The molecule has 0 bridgehead atoms. The van der Waals surface area contributed by atoms with Crippen molar-refractivity contribution in [2.75, 3.05) is 5.32 Å². The average molecular weight is 343 g/mol. The Balaban J connectivity index is 1.81. The molecule has 24 heavy (non-hydrogen) atoms. The number of thiocarbonyl (C=S) groups is 1. The van der Waals surface area contributed by atoms with Gasteiger partial charge in [0, 0.05) is 11.7 Å². The minimum atomic E-state index is 0.132. The van der Waals surface area contributed by atoms with Gasteiger partial charge in [0.2, 0.25) is 0 Å². The van der Waals surface area contributed by atoms with Crippen molar-refractivity contribution in [3.05, 3.63) is 54.0 Å². The topological polar surface area (TPSA) is 28.4 Å². The van der Waals surface area contributed by atoms with Crippen molar-refractivity contribution in [2.24, 2.45) is 0 Å². The number of nitrogens with one attached hydrogen (secondary N) is 1. The molecule has 0 amide bonds. The lowest BCUT2D eigenvalue weighted by atomic mass is 9.93. The Morgan fingerprint density at radius 3 is 2.67 bits per heavy atom. The van der Waals surface area contributed by atoms with E-state index in [1.165, 1.54) is 37.7 Å². The molecule has 1 aliphatic rings. The van der Waals surface area contributed by atoms with Crippen molar-refractivity contribution in [3.63, 3.8) is 0 Å². The Labute approximate surface area is 150 Å². The van der Waals surface area contributed by atoms with Crippen molar-refractivity contribution in [3.8, 4) is 0 Å². The highest BCUT2D eigenvalue weighted by molar-refractivity contribution is 7.80. The third-order valence-electron chi connectivity index (χ3n) is 4.84. The number of hydrogen-bond donors (Lipinski definition) is 1. The fourth-order valence-corrected chi connectivity index (χ4v) is 4.02. The van der Waals surface area contributed by atoms with Gasteiger partial charge in [-0.05, 0) is 68.7 Å². The molecule has 0 radical (unpaired) electrons. The minimum absolute atomic E-state index is 0.132. The van der Waals surface area contributed by atoms with Gasteiger partial charge < -0.3 is 14.6 Å². The highest BCUT2D eigenvalue weighted by Gasteiger charge is 2.29. The zero-order chi connectivity index (χ0) is 16.9. The van der Waals surface area contributed by atoms with Crippen LogP contribution in [0.2, 0.25) is 0 Å². The molecule has 0 spiro atoms. The van der Waals surface area contributed by atoms with Gasteiger partial charge in [-0.3, -0.25) is 0 Å². The first-order valence-electron chi connectivity index (χ1n) is 8.84. The van der Waals surface area contributed by atoms with Crippen molar-refractivity contribution >= 4 is 23.0 Å². The molecule has 4 heteroatoms. The summed E-state index contributed by atoms with van der Waals surface area (Å²) in [6, 6.07) is 12.9. The van der Waals surface area contributed by atoms with Gasteiger partial charge in [-0.1, -0.05) is 31.4 Å². The van der Waals surface area contributed by atoms with Gasteiger partial charge >= 0.3 is 0 Å². The highest BCUT2D eigenvalue weighted by Crippen LogP contribution is 2.31. The average Bonchev–Trinajstić information content (AvgIpc) is 3.10. The largest absolute Gasteiger partial charge is 0.467 e. The van der Waals surface area contributed by atoms with Crippen molar-refractivity contribution < 1.29 is 4.42 Å². The molecule has 1 heterocycles. The molecular formula is C20H26N2OS. The van der Waals surface area contributed by atoms with E-state index in [0.717, 1.165) is 16.6 Å². The van der Waals surface area contributed by atoms with Crippen LogP contribution in [0, 0.1) is 6.92 Å². The second kappa shape index (κ2) is 7.84. The number of hydrogen-bond acceptors (Lipinski definition) is 2. The quantitative estimate of drug-likeness (QED) is 0.724. The Hall–Kier alpha value is -1.81. The number of benzene rings is 1. The van der Waals surface area contributed by atoms with Gasteiger partial charge in [-0.2, -0.15) is 0 Å². The first-order valence-corrected chi connectivity index (χ1v) is 9.25. The van der Waals surface area contributed by atoms with Crippen molar-refractivity contribution in [1.82, 2.24) is 4.90 Å². The lowest BCUT2D eigenvalue weighted by Crippen LogP contribution is -2.45. The maximum Gasteiger partial charge on any atom is 0.174 e. The van der Waals surface area contributed by atoms with Crippen LogP contribution in [0.5, 0.6) is 0 Å². The van der Waals surface area contributed by atoms with Crippen LogP contribution >= 0.6 is 12.2 Å². The zero-order valence-corrected chi connectivity index (χ0v) is 15.3. The highest BCUT2D eigenvalue weighted by atomic mass is 32.1. The van der Waals surface area contributed by atoms with Crippen LogP contribution in [-0.4, -0.2) is 16.1 Å². The predicted octanol–water partition coefficient (Wildman–Crippen LogP) is 5.68. The second-order valence-corrected chi connectivity index (χ2v) is 7.08. The standard InChI is InChI=1S/C20H26N2OS/c1-15-8-6-9-17(14-15)21-20(24)22(18-10-4-3-5-11-18)16(2)19-12-7-13-23-19/h6-9,12-14,16,18H,3-5,10-11H2,1-2H3,(H,21,24)/t16-/m0/s1. The molecule has 2 aromatic rings. The first-order chi connectivity index (χ1) is 11.6. The summed E-state index contributed by atoms with van der Waals surface area (Å²) in [7, 11) is 0. The van der Waals surface area contributed by atoms with Crippen molar-refractivity contribution in [1.29, 1.82) is 0 Å². The van der Waals surface area contributed by atoms with Crippen LogP contribution < -0.4 is 5.32 Å². The lowest BCUT2D eigenvalue weighted by Gasteiger charge is -2.39. The molecule has 1 atom stereocenters. The van der Waals surface area contributed by atoms with Gasteiger partial charge in [-0.25, -0.2) is 0 Å². The van der Waals surface area contributed by atoms with E-state index in [2.05, 4.69) is 48.3 Å². The second-order valence-electron chi connectivity index (χ2n) is 6.69. The SMILES string of the molecule is Cc1cccc(NC(=S)N(C2CCCCC2)[C@@H](C)c2ccco2)c1. The molecule has 0 unspecified atom stereocenters. The smallest absolute Gasteiger partial charge is 0.174 e. The molecule has 0 saturated heterocycles. The molecule has 128 valence electrons. The number of rotatable bonds is 4. The summed E-state index contributed by atoms with van der Waals surface area (Å²) in [5, 5.41) is 4.23. The van der Waals surface area contributed by atoms with Gasteiger partial charge in [-0.15, -0.1) is 0 Å². The van der Waals surface area contributed by atoms with Crippen LogP contribution in [0.15, 0.2) is 47.1 Å². The third-order valence-corrected chi connectivity index (χ3v) is 5.16. The molecule has 1 N–H and O–H groups in total. The summed E-state index contributed by atoms with van der Waals surface area (Å²) in [6.07, 6.45) is 8.01. The summed E-state index contributed by atoms with van der Waals surface area (Å²) in [5.74, 6) is 0.967. The Morgan fingerprint density at radius 1 is 1.21 bits per heavy atom. The summed E-state index contributed by atoms with van der Waals surface area (Å²) in [5.41, 5.74) is 2.28. The number of anilines is 1. The number of furan rings is 1. The summed E-state index contributed by atoms with van der Waals surface area (Å²) >= 11 is 5.80. The van der Waals surface area contributed by atoms with Gasteiger partial charge in [0.25, 0.3) is 0 Å². The van der Waals surface area contributed by atoms with Crippen LogP contribution in [0.25, 0.3) is 0 Å². The van der Waals surface area contributed by atoms with E-state index >= 15 is 0 Å². The Kier molecular flexibility index (Phi) is 5.56. The molecule has 1 saturated carbocycles. The lowest BCUT2D eigenvalue weighted by molar-refractivity contribution is 0.186. The van der Waals surface area contributed by atoms with Crippen LogP contribution in [-0.2, 0) is 0 Å². The molecule has 1 aromatic carbocycles. The van der Waals surface area contributed by atoms with E-state index in [1.807, 2.05) is 12.1 Å². The maximum atomic E-state index is 5.80. The fraction of sp³-hybridized carbons (Fsp3) is 0.450. The van der Waals surface area contributed by atoms with Crippen molar-refractivity contribution in [2.45, 2.75) is 58.0 Å². The molecule has 3 rings (SSSR count). The first kappa shape index (κ1) is 17.0. The van der Waals surface area contributed by atoms with E-state index in [0.29, 0.717) is 6.04 Å². The molecule has 1 aromatic heterocycles. The molecule has 1 aliphatic carbocycles. The van der Waals surface area contributed by atoms with Crippen LogP contribution in [0.4, 0.5) is 5.69 Å². The minimum Gasteiger partial charge on any atom is -0.467 e. The fourth-order valence-electron chi connectivity index (χ4n) is 3.59. The van der Waals surface area contributed by atoms with Crippen LogP contribution in [0.1, 0.15) is 56.4 Å². The van der Waals surface area contributed by atoms with Gasteiger partial charge in [0.05, 0.1) is 12.3 Å². The van der Waals surface area contributed by atoms with Gasteiger partial charge in [0.15, 0.2) is 5.11 Å². The molecule has 3 nitrogen and oxygen atoms in total. The normalized spacial score (nSPS) is 16.6. The summed E-state index contributed by atoms with van der Waals surface area (Å²) in [6.45, 7) is 4.27. The molecular weight excluding hydrogens is 316 g/mol. The summed E-state index contributed by atoms with van der Waals surface area (Å²) < 4.78 is 5.66. The predicted molar refractivity (Wildman–Crippen MR) is 103 cm³/mol. The maximum absolute atomic E-state index is 5.80. The Morgan fingerprint density at radius 2 is 2.00 bits per heavy atom. The van der Waals surface area contributed by atoms with E-state index in [1.54, 1.807) is 6.26 Å². The van der Waals surface area contributed by atoms with Gasteiger partial charge in [0.1, 0.15) is 5.76 Å². The summed E-state index contributed by atoms with van der Waals surface area (Å²) in [4.78, 5) is 2.34. The van der Waals surface area contributed by atoms with Crippen LogP contribution in [0.3, 0.4) is 0 Å². The monoisotopic (exact) mass is 342 g/mol. The Bertz CT molecular complexity index is 662. The zero-order valence-electron chi connectivity index (χ0n) is 14.5. The van der Waals surface area contributed by atoms with E-state index in [4.69, 9.17) is 16.6 Å².